The van der Waals surface area contributed by atoms with Gasteiger partial charge in [-0.05, 0) is 34.1 Å². The molecule has 0 aliphatic heterocycles. The van der Waals surface area contributed by atoms with Crippen LogP contribution in [0.4, 0.5) is 5.69 Å². The molecule has 0 atom stereocenters. The molecule has 2 rings (SSSR count). The van der Waals surface area contributed by atoms with Crippen LogP contribution in [0.1, 0.15) is 10.4 Å². The number of carbonyl (C=O) groups is 1. The van der Waals surface area contributed by atoms with Gasteiger partial charge < -0.3 is 14.8 Å². The molecule has 0 aliphatic rings. The number of amides is 1. The second-order valence-corrected chi connectivity index (χ2v) is 5.32. The third-order valence-electron chi connectivity index (χ3n) is 2.67. The van der Waals surface area contributed by atoms with Crippen LogP contribution in [-0.4, -0.2) is 25.1 Å². The molecule has 7 heteroatoms. The van der Waals surface area contributed by atoms with Crippen molar-refractivity contribution in [2.45, 2.75) is 0 Å². The van der Waals surface area contributed by atoms with Gasteiger partial charge in [0.05, 0.1) is 19.9 Å². The Labute approximate surface area is 135 Å². The summed E-state index contributed by atoms with van der Waals surface area (Å²) in [7, 11) is 3.04. The molecule has 0 spiro atoms. The number of hydrogen-bond donors (Lipinski definition) is 1. The molecule has 0 bridgehead atoms. The molecule has 21 heavy (non-hydrogen) atoms. The Bertz CT molecular complexity index is 657. The number of ether oxygens (including phenoxy) is 2. The first-order valence-electron chi connectivity index (χ1n) is 5.89. The van der Waals surface area contributed by atoms with E-state index >= 15 is 0 Å². The number of rotatable bonds is 4. The molecule has 0 aliphatic carbocycles. The third-order valence-corrected chi connectivity index (χ3v) is 3.40. The van der Waals surface area contributed by atoms with Crippen LogP contribution in [0.2, 0.25) is 5.15 Å². The monoisotopic (exact) mass is 370 g/mol. The number of anilines is 1. The van der Waals surface area contributed by atoms with Gasteiger partial charge in [-0.25, -0.2) is 4.98 Å². The molecule has 1 aromatic heterocycles. The Morgan fingerprint density at radius 2 is 1.81 bits per heavy atom. The summed E-state index contributed by atoms with van der Waals surface area (Å²) in [6.07, 6.45) is 1.55. The highest BCUT2D eigenvalue weighted by molar-refractivity contribution is 9.10. The van der Waals surface area contributed by atoms with Crippen LogP contribution in [0.3, 0.4) is 0 Å². The zero-order valence-electron chi connectivity index (χ0n) is 11.3. The molecule has 1 heterocycles. The van der Waals surface area contributed by atoms with E-state index < -0.39 is 0 Å². The minimum atomic E-state index is -0.339. The van der Waals surface area contributed by atoms with Gasteiger partial charge in [-0.1, -0.05) is 11.6 Å². The molecule has 0 fully saturated rings. The Balaban J connectivity index is 2.29. The standard InChI is InChI=1S/C14H12BrClN2O3/c1-20-10-3-8(4-11(6-10)21-2)14(19)18-12-5-9(15)7-17-13(12)16/h3-7H,1-2H3,(H,18,19). The van der Waals surface area contributed by atoms with Gasteiger partial charge in [0.1, 0.15) is 11.5 Å². The fraction of sp³-hybridized carbons (Fsp3) is 0.143. The largest absolute Gasteiger partial charge is 0.497 e. The lowest BCUT2D eigenvalue weighted by Gasteiger charge is -2.10. The quantitative estimate of drug-likeness (QED) is 0.831. The molecule has 0 radical (unpaired) electrons. The highest BCUT2D eigenvalue weighted by Crippen LogP contribution is 2.26. The van der Waals surface area contributed by atoms with E-state index in [1.54, 1.807) is 30.5 Å². The van der Waals surface area contributed by atoms with Gasteiger partial charge in [0.2, 0.25) is 0 Å². The van der Waals surface area contributed by atoms with Crippen LogP contribution in [0, 0.1) is 0 Å². The topological polar surface area (TPSA) is 60.5 Å². The summed E-state index contributed by atoms with van der Waals surface area (Å²) in [4.78, 5) is 16.2. The average molecular weight is 372 g/mol. The molecule has 1 amide bonds. The summed E-state index contributed by atoms with van der Waals surface area (Å²) in [6.45, 7) is 0. The number of nitrogens with one attached hydrogen (secondary N) is 1. The minimum Gasteiger partial charge on any atom is -0.497 e. The highest BCUT2D eigenvalue weighted by Gasteiger charge is 2.12. The fourth-order valence-corrected chi connectivity index (χ4v) is 2.13. The predicted molar refractivity (Wildman–Crippen MR) is 84.4 cm³/mol. The van der Waals surface area contributed by atoms with Crippen LogP contribution < -0.4 is 14.8 Å². The average Bonchev–Trinajstić information content (AvgIpc) is 2.50. The third kappa shape index (κ3) is 3.86. The van der Waals surface area contributed by atoms with Gasteiger partial charge in [0.15, 0.2) is 5.15 Å². The van der Waals surface area contributed by atoms with Crippen molar-refractivity contribution < 1.29 is 14.3 Å². The first-order valence-corrected chi connectivity index (χ1v) is 7.06. The first-order chi connectivity index (χ1) is 10.0. The van der Waals surface area contributed by atoms with Crippen molar-refractivity contribution in [2.24, 2.45) is 0 Å². The van der Waals surface area contributed by atoms with E-state index in [0.29, 0.717) is 27.2 Å². The number of nitrogens with zero attached hydrogens (tertiary/aromatic N) is 1. The number of hydrogen-bond acceptors (Lipinski definition) is 4. The molecule has 110 valence electrons. The second kappa shape index (κ2) is 6.78. The van der Waals surface area contributed by atoms with E-state index in [0.717, 1.165) is 0 Å². The zero-order valence-corrected chi connectivity index (χ0v) is 13.7. The van der Waals surface area contributed by atoms with E-state index in [4.69, 9.17) is 21.1 Å². The van der Waals surface area contributed by atoms with Gasteiger partial charge in [-0.3, -0.25) is 4.79 Å². The van der Waals surface area contributed by atoms with Crippen molar-refractivity contribution in [3.8, 4) is 11.5 Å². The molecule has 1 N–H and O–H groups in total. The van der Waals surface area contributed by atoms with Crippen molar-refractivity contribution in [3.05, 3.63) is 45.7 Å². The van der Waals surface area contributed by atoms with Gasteiger partial charge in [-0.2, -0.15) is 0 Å². The van der Waals surface area contributed by atoms with Crippen molar-refractivity contribution >= 4 is 39.1 Å². The number of halogens is 2. The van der Waals surface area contributed by atoms with E-state index in [9.17, 15) is 4.79 Å². The number of aromatic nitrogens is 1. The Hall–Kier alpha value is -1.79. The second-order valence-electron chi connectivity index (χ2n) is 4.05. The summed E-state index contributed by atoms with van der Waals surface area (Å²) in [5.41, 5.74) is 0.806. The maximum absolute atomic E-state index is 12.3. The molecule has 0 unspecified atom stereocenters. The molecular formula is C14H12BrClN2O3. The minimum absolute atomic E-state index is 0.210. The smallest absolute Gasteiger partial charge is 0.256 e. The first kappa shape index (κ1) is 15.6. The fourth-order valence-electron chi connectivity index (χ4n) is 1.64. The summed E-state index contributed by atoms with van der Waals surface area (Å²) in [5, 5.41) is 2.91. The number of pyridine rings is 1. The lowest BCUT2D eigenvalue weighted by Crippen LogP contribution is -2.13. The van der Waals surface area contributed by atoms with Crippen molar-refractivity contribution in [3.63, 3.8) is 0 Å². The Morgan fingerprint density at radius 3 is 2.38 bits per heavy atom. The summed E-state index contributed by atoms with van der Waals surface area (Å²) < 4.78 is 11.0. The van der Waals surface area contributed by atoms with E-state index in [2.05, 4.69) is 26.2 Å². The van der Waals surface area contributed by atoms with Crippen molar-refractivity contribution in [2.75, 3.05) is 19.5 Å². The Morgan fingerprint density at radius 1 is 1.19 bits per heavy atom. The maximum atomic E-state index is 12.3. The van der Waals surface area contributed by atoms with Gasteiger partial charge in [0, 0.05) is 22.3 Å². The highest BCUT2D eigenvalue weighted by atomic mass is 79.9. The van der Waals surface area contributed by atoms with E-state index in [1.807, 2.05) is 0 Å². The molecule has 0 saturated carbocycles. The molecule has 0 saturated heterocycles. The van der Waals surface area contributed by atoms with E-state index in [-0.39, 0.29) is 11.1 Å². The van der Waals surface area contributed by atoms with Gasteiger partial charge in [0.25, 0.3) is 5.91 Å². The van der Waals surface area contributed by atoms with Crippen LogP contribution in [0.5, 0.6) is 11.5 Å². The molecule has 2 aromatic rings. The normalized spacial score (nSPS) is 10.1. The number of carbonyl (C=O) groups excluding carboxylic acids is 1. The molecular weight excluding hydrogens is 360 g/mol. The Kier molecular flexibility index (Phi) is 5.03. The zero-order chi connectivity index (χ0) is 15.4. The van der Waals surface area contributed by atoms with Crippen LogP contribution in [0.25, 0.3) is 0 Å². The summed E-state index contributed by atoms with van der Waals surface area (Å²) in [6, 6.07) is 6.57. The van der Waals surface area contributed by atoms with Gasteiger partial charge in [-0.15, -0.1) is 0 Å². The van der Waals surface area contributed by atoms with Crippen LogP contribution in [-0.2, 0) is 0 Å². The number of methoxy groups -OCH3 is 2. The predicted octanol–water partition coefficient (Wildman–Crippen LogP) is 3.77. The SMILES string of the molecule is COc1cc(OC)cc(C(=O)Nc2cc(Br)cnc2Cl)c1. The molecule has 1 aromatic carbocycles. The van der Waals surface area contributed by atoms with E-state index in [1.165, 1.54) is 14.2 Å². The lowest BCUT2D eigenvalue weighted by atomic mass is 10.2. The number of benzene rings is 1. The van der Waals surface area contributed by atoms with Crippen LogP contribution in [0.15, 0.2) is 34.9 Å². The summed E-state index contributed by atoms with van der Waals surface area (Å²) >= 11 is 9.22. The maximum Gasteiger partial charge on any atom is 0.256 e. The van der Waals surface area contributed by atoms with Crippen LogP contribution >= 0.6 is 27.5 Å². The molecule has 5 nitrogen and oxygen atoms in total. The van der Waals surface area contributed by atoms with Crippen molar-refractivity contribution in [1.29, 1.82) is 0 Å². The summed E-state index contributed by atoms with van der Waals surface area (Å²) in [5.74, 6) is 0.713. The van der Waals surface area contributed by atoms with Crippen molar-refractivity contribution in [1.82, 2.24) is 4.98 Å². The van der Waals surface area contributed by atoms with Gasteiger partial charge >= 0.3 is 0 Å². The lowest BCUT2D eigenvalue weighted by molar-refractivity contribution is 0.102.